The van der Waals surface area contributed by atoms with Crippen LogP contribution in [0.15, 0.2) is 40.9 Å². The van der Waals surface area contributed by atoms with Crippen molar-refractivity contribution in [3.63, 3.8) is 0 Å². The Kier molecular flexibility index (Phi) is 5.69. The molecule has 4 nitrogen and oxygen atoms in total. The molecule has 116 valence electrons. The lowest BCUT2D eigenvalue weighted by molar-refractivity contribution is 0.0950. The van der Waals surface area contributed by atoms with Crippen molar-refractivity contribution in [1.82, 2.24) is 5.32 Å². The number of hydrogen-bond donors (Lipinski definition) is 1. The van der Waals surface area contributed by atoms with Gasteiger partial charge in [-0.2, -0.15) is 0 Å². The highest BCUT2D eigenvalue weighted by Crippen LogP contribution is 2.33. The molecule has 0 saturated heterocycles. The molecule has 0 bridgehead atoms. The average molecular weight is 385 g/mol. The maximum absolute atomic E-state index is 12.2. The van der Waals surface area contributed by atoms with E-state index in [0.717, 1.165) is 10.0 Å². The van der Waals surface area contributed by atoms with Gasteiger partial charge in [0.25, 0.3) is 5.91 Å². The normalized spacial score (nSPS) is 10.2. The van der Waals surface area contributed by atoms with Crippen molar-refractivity contribution in [3.05, 3.63) is 57.0 Å². The highest BCUT2D eigenvalue weighted by Gasteiger charge is 2.12. The summed E-state index contributed by atoms with van der Waals surface area (Å²) in [5.41, 5.74) is 1.32. The monoisotopic (exact) mass is 383 g/mol. The van der Waals surface area contributed by atoms with Gasteiger partial charge >= 0.3 is 0 Å². The van der Waals surface area contributed by atoms with Gasteiger partial charge < -0.3 is 14.8 Å². The molecule has 6 heteroatoms. The number of halogens is 2. The van der Waals surface area contributed by atoms with Gasteiger partial charge in [0.2, 0.25) is 0 Å². The van der Waals surface area contributed by atoms with Crippen LogP contribution in [0.1, 0.15) is 15.9 Å². The Morgan fingerprint density at radius 3 is 2.45 bits per heavy atom. The van der Waals surface area contributed by atoms with E-state index < -0.39 is 0 Å². The Morgan fingerprint density at radius 2 is 1.82 bits per heavy atom. The molecule has 22 heavy (non-hydrogen) atoms. The predicted octanol–water partition coefficient (Wildman–Crippen LogP) is 4.05. The van der Waals surface area contributed by atoms with Gasteiger partial charge in [-0.15, -0.1) is 0 Å². The molecule has 2 rings (SSSR count). The Balaban J connectivity index is 2.15. The Morgan fingerprint density at radius 1 is 1.18 bits per heavy atom. The lowest BCUT2D eigenvalue weighted by Gasteiger charge is -2.12. The second kappa shape index (κ2) is 7.51. The lowest BCUT2D eigenvalue weighted by Crippen LogP contribution is -2.23. The Bertz CT molecular complexity index is 691. The zero-order chi connectivity index (χ0) is 16.1. The Labute approximate surface area is 142 Å². The van der Waals surface area contributed by atoms with Crippen molar-refractivity contribution in [2.24, 2.45) is 0 Å². The summed E-state index contributed by atoms with van der Waals surface area (Å²) in [7, 11) is 3.10. The van der Waals surface area contributed by atoms with Crippen molar-refractivity contribution >= 4 is 33.4 Å². The number of methoxy groups -OCH3 is 2. The van der Waals surface area contributed by atoms with Crippen molar-refractivity contribution < 1.29 is 14.3 Å². The van der Waals surface area contributed by atoms with Crippen molar-refractivity contribution in [1.29, 1.82) is 0 Å². The van der Waals surface area contributed by atoms with E-state index >= 15 is 0 Å². The van der Waals surface area contributed by atoms with E-state index in [1.807, 2.05) is 18.2 Å². The maximum Gasteiger partial charge on any atom is 0.252 e. The first-order chi connectivity index (χ1) is 10.6. The van der Waals surface area contributed by atoms with Crippen LogP contribution in [0.5, 0.6) is 11.5 Å². The van der Waals surface area contributed by atoms with Crippen LogP contribution in [-0.4, -0.2) is 20.1 Å². The molecule has 2 aromatic carbocycles. The lowest BCUT2D eigenvalue weighted by atomic mass is 10.1. The molecule has 0 fully saturated rings. The minimum Gasteiger partial charge on any atom is -0.493 e. The van der Waals surface area contributed by atoms with E-state index in [1.165, 1.54) is 0 Å². The van der Waals surface area contributed by atoms with E-state index in [-0.39, 0.29) is 5.91 Å². The molecule has 0 aromatic heterocycles. The third-order valence-corrected chi connectivity index (χ3v) is 4.15. The number of benzene rings is 2. The van der Waals surface area contributed by atoms with E-state index in [2.05, 4.69) is 21.2 Å². The molecule has 0 atom stereocenters. The average Bonchev–Trinajstić information content (AvgIpc) is 2.53. The first-order valence-corrected chi connectivity index (χ1v) is 7.67. The first-order valence-electron chi connectivity index (χ1n) is 6.50. The molecule has 0 aliphatic carbocycles. The van der Waals surface area contributed by atoms with E-state index in [9.17, 15) is 4.79 Å². The van der Waals surface area contributed by atoms with Gasteiger partial charge in [0, 0.05) is 22.1 Å². The Hall–Kier alpha value is -1.72. The fourth-order valence-corrected chi connectivity index (χ4v) is 2.63. The second-order valence-electron chi connectivity index (χ2n) is 4.46. The van der Waals surface area contributed by atoms with Gasteiger partial charge in [-0.1, -0.05) is 23.7 Å². The molecule has 0 aliphatic rings. The zero-order valence-electron chi connectivity index (χ0n) is 12.2. The summed E-state index contributed by atoms with van der Waals surface area (Å²) in [5.74, 6) is 0.934. The highest BCUT2D eigenvalue weighted by molar-refractivity contribution is 9.10. The van der Waals surface area contributed by atoms with Gasteiger partial charge in [0.15, 0.2) is 11.5 Å². The largest absolute Gasteiger partial charge is 0.493 e. The summed E-state index contributed by atoms with van der Waals surface area (Å²) in [4.78, 5) is 12.2. The summed E-state index contributed by atoms with van der Waals surface area (Å²) in [5, 5.41) is 3.34. The standard InChI is InChI=1S/C16H15BrClNO3/c1-21-14-7-10(13(18)8-15(14)22-2)9-19-16(20)11-5-3-4-6-12(11)17/h3-8H,9H2,1-2H3,(H,19,20). The second-order valence-corrected chi connectivity index (χ2v) is 5.72. The van der Waals surface area contributed by atoms with Gasteiger partial charge in [-0.25, -0.2) is 0 Å². The minimum absolute atomic E-state index is 0.182. The fraction of sp³-hybridized carbons (Fsp3) is 0.188. The highest BCUT2D eigenvalue weighted by atomic mass is 79.9. The van der Waals surface area contributed by atoms with Gasteiger partial charge in [0.1, 0.15) is 0 Å². The van der Waals surface area contributed by atoms with E-state index in [1.54, 1.807) is 32.4 Å². The number of carbonyl (C=O) groups is 1. The van der Waals surface area contributed by atoms with Crippen molar-refractivity contribution in [3.8, 4) is 11.5 Å². The smallest absolute Gasteiger partial charge is 0.252 e. The molecule has 1 N–H and O–H groups in total. The molecule has 0 aliphatic heterocycles. The quantitative estimate of drug-likeness (QED) is 0.846. The molecule has 2 aromatic rings. The molecule has 0 saturated carbocycles. The third-order valence-electron chi connectivity index (χ3n) is 3.11. The van der Waals surface area contributed by atoms with Crippen LogP contribution in [0, 0.1) is 0 Å². The van der Waals surface area contributed by atoms with Crippen LogP contribution in [0.2, 0.25) is 5.02 Å². The summed E-state index contributed by atoms with van der Waals surface area (Å²) >= 11 is 9.56. The van der Waals surface area contributed by atoms with Crippen LogP contribution in [0.3, 0.4) is 0 Å². The molecule has 0 radical (unpaired) electrons. The van der Waals surface area contributed by atoms with Crippen molar-refractivity contribution in [2.45, 2.75) is 6.54 Å². The van der Waals surface area contributed by atoms with Gasteiger partial charge in [0.05, 0.1) is 19.8 Å². The number of carbonyl (C=O) groups excluding carboxylic acids is 1. The van der Waals surface area contributed by atoms with Crippen LogP contribution in [0.25, 0.3) is 0 Å². The first kappa shape index (κ1) is 16.6. The fourth-order valence-electron chi connectivity index (χ4n) is 1.95. The number of hydrogen-bond acceptors (Lipinski definition) is 3. The zero-order valence-corrected chi connectivity index (χ0v) is 14.5. The number of ether oxygens (including phenoxy) is 2. The molecule has 1 amide bonds. The summed E-state index contributed by atoms with van der Waals surface area (Å²) in [6.07, 6.45) is 0. The van der Waals surface area contributed by atoms with Crippen molar-refractivity contribution in [2.75, 3.05) is 14.2 Å². The SMILES string of the molecule is COc1cc(Cl)c(CNC(=O)c2ccccc2Br)cc1OC. The van der Waals surface area contributed by atoms with Gasteiger partial charge in [-0.3, -0.25) is 4.79 Å². The minimum atomic E-state index is -0.182. The number of amides is 1. The van der Waals surface area contributed by atoms with Gasteiger partial charge in [-0.05, 0) is 39.7 Å². The predicted molar refractivity (Wildman–Crippen MR) is 89.9 cm³/mol. The number of rotatable bonds is 5. The summed E-state index contributed by atoms with van der Waals surface area (Å²) in [6.45, 7) is 0.291. The van der Waals surface area contributed by atoms with E-state index in [4.69, 9.17) is 21.1 Å². The molecule has 0 unspecified atom stereocenters. The molecular formula is C16H15BrClNO3. The van der Waals surface area contributed by atoms with Crippen LogP contribution < -0.4 is 14.8 Å². The molecular weight excluding hydrogens is 370 g/mol. The summed E-state index contributed by atoms with van der Waals surface area (Å²) < 4.78 is 11.2. The molecule has 0 spiro atoms. The van der Waals surface area contributed by atoms with Crippen LogP contribution >= 0.6 is 27.5 Å². The topological polar surface area (TPSA) is 47.6 Å². The van der Waals surface area contributed by atoms with Crippen LogP contribution in [-0.2, 0) is 6.54 Å². The third kappa shape index (κ3) is 3.72. The number of nitrogens with one attached hydrogen (secondary N) is 1. The summed E-state index contributed by atoms with van der Waals surface area (Å²) in [6, 6.07) is 10.6. The maximum atomic E-state index is 12.2. The van der Waals surface area contributed by atoms with Crippen LogP contribution in [0.4, 0.5) is 0 Å². The molecule has 0 heterocycles. The van der Waals surface area contributed by atoms with E-state index in [0.29, 0.717) is 28.6 Å².